The molecule has 0 spiro atoms. The third-order valence-corrected chi connectivity index (χ3v) is 2.13. The van der Waals surface area contributed by atoms with Crippen LogP contribution < -0.4 is 5.32 Å². The Labute approximate surface area is 89.2 Å². The number of hydrogen-bond acceptors (Lipinski definition) is 3. The summed E-state index contributed by atoms with van der Waals surface area (Å²) in [4.78, 5) is 8.03. The van der Waals surface area contributed by atoms with Crippen LogP contribution in [-0.2, 0) is 13.1 Å². The van der Waals surface area contributed by atoms with Gasteiger partial charge in [-0.2, -0.15) is 0 Å². The van der Waals surface area contributed by atoms with Gasteiger partial charge in [-0.15, -0.1) is 0 Å². The van der Waals surface area contributed by atoms with Gasteiger partial charge in [0.15, 0.2) is 0 Å². The van der Waals surface area contributed by atoms with Gasteiger partial charge in [-0.1, -0.05) is 6.07 Å². The number of nitrogens with zero attached hydrogens (tertiary/aromatic N) is 2. The third kappa shape index (κ3) is 3.14. The molecule has 0 aliphatic carbocycles. The fourth-order valence-electron chi connectivity index (χ4n) is 1.35. The number of hydrogen-bond donors (Lipinski definition) is 1. The zero-order chi connectivity index (χ0) is 10.3. The van der Waals surface area contributed by atoms with E-state index in [1.54, 1.807) is 18.6 Å². The second-order valence-corrected chi connectivity index (χ2v) is 3.32. The van der Waals surface area contributed by atoms with Gasteiger partial charge < -0.3 is 5.32 Å². The fraction of sp³-hybridized carbons (Fsp3) is 0.167. The second kappa shape index (κ2) is 5.22. The summed E-state index contributed by atoms with van der Waals surface area (Å²) in [5.74, 6) is 0. The Kier molecular flexibility index (Phi) is 3.41. The van der Waals surface area contributed by atoms with E-state index in [9.17, 15) is 0 Å². The lowest BCUT2D eigenvalue weighted by atomic mass is 10.2. The molecule has 2 heterocycles. The molecule has 0 fully saturated rings. The standard InChI is InChI=1S/C12H13N3/c1-2-12(9-14-5-1)10-15-8-11-3-6-13-7-4-11/h1-7,9,15H,8,10H2. The fourth-order valence-corrected chi connectivity index (χ4v) is 1.35. The van der Waals surface area contributed by atoms with Crippen LogP contribution >= 0.6 is 0 Å². The van der Waals surface area contributed by atoms with E-state index in [0.29, 0.717) is 0 Å². The zero-order valence-electron chi connectivity index (χ0n) is 8.43. The Balaban J connectivity index is 1.81. The number of aromatic nitrogens is 2. The summed E-state index contributed by atoms with van der Waals surface area (Å²) in [5.41, 5.74) is 2.44. The first-order chi connectivity index (χ1) is 7.45. The van der Waals surface area contributed by atoms with Gasteiger partial charge in [0.05, 0.1) is 0 Å². The first kappa shape index (κ1) is 9.80. The molecule has 0 bridgehead atoms. The smallest absolute Gasteiger partial charge is 0.0312 e. The molecule has 0 amide bonds. The van der Waals surface area contributed by atoms with E-state index in [1.165, 1.54) is 11.1 Å². The van der Waals surface area contributed by atoms with E-state index < -0.39 is 0 Å². The summed E-state index contributed by atoms with van der Waals surface area (Å²) < 4.78 is 0. The van der Waals surface area contributed by atoms with Crippen LogP contribution in [0.25, 0.3) is 0 Å². The molecular weight excluding hydrogens is 186 g/mol. The van der Waals surface area contributed by atoms with Crippen LogP contribution in [0.5, 0.6) is 0 Å². The molecule has 3 nitrogen and oxygen atoms in total. The Hall–Kier alpha value is -1.74. The summed E-state index contributed by atoms with van der Waals surface area (Å²) in [6.07, 6.45) is 7.27. The molecule has 0 saturated carbocycles. The Bertz CT molecular complexity index is 347. The molecule has 0 aromatic carbocycles. The summed E-state index contributed by atoms with van der Waals surface area (Å²) in [5, 5.41) is 3.35. The lowest BCUT2D eigenvalue weighted by Crippen LogP contribution is -2.12. The van der Waals surface area contributed by atoms with E-state index in [1.807, 2.05) is 24.4 Å². The molecule has 0 atom stereocenters. The maximum absolute atomic E-state index is 4.06. The highest BCUT2D eigenvalue weighted by molar-refractivity contribution is 5.11. The van der Waals surface area contributed by atoms with Gasteiger partial charge in [-0.05, 0) is 29.3 Å². The summed E-state index contributed by atoms with van der Waals surface area (Å²) >= 11 is 0. The predicted molar refractivity (Wildman–Crippen MR) is 59.0 cm³/mol. The Morgan fingerprint density at radius 3 is 2.40 bits per heavy atom. The van der Waals surface area contributed by atoms with Crippen LogP contribution in [0.1, 0.15) is 11.1 Å². The van der Waals surface area contributed by atoms with Crippen molar-refractivity contribution in [3.05, 3.63) is 60.2 Å². The van der Waals surface area contributed by atoms with Crippen molar-refractivity contribution in [3.8, 4) is 0 Å². The topological polar surface area (TPSA) is 37.8 Å². The molecule has 0 saturated heterocycles. The SMILES string of the molecule is c1cncc(CNCc2ccncc2)c1. The number of pyridine rings is 2. The van der Waals surface area contributed by atoms with Crippen LogP contribution in [0, 0.1) is 0 Å². The van der Waals surface area contributed by atoms with Crippen LogP contribution in [-0.4, -0.2) is 9.97 Å². The highest BCUT2D eigenvalue weighted by Crippen LogP contribution is 1.98. The summed E-state index contributed by atoms with van der Waals surface area (Å²) in [7, 11) is 0. The Morgan fingerprint density at radius 1 is 0.867 bits per heavy atom. The van der Waals surface area contributed by atoms with Gasteiger partial charge >= 0.3 is 0 Å². The maximum atomic E-state index is 4.06. The van der Waals surface area contributed by atoms with Crippen LogP contribution in [0.3, 0.4) is 0 Å². The van der Waals surface area contributed by atoms with E-state index in [-0.39, 0.29) is 0 Å². The van der Waals surface area contributed by atoms with E-state index in [4.69, 9.17) is 0 Å². The van der Waals surface area contributed by atoms with Crippen LogP contribution in [0.4, 0.5) is 0 Å². The minimum absolute atomic E-state index is 0.843. The Morgan fingerprint density at radius 2 is 1.67 bits per heavy atom. The van der Waals surface area contributed by atoms with Gasteiger partial charge in [-0.25, -0.2) is 0 Å². The van der Waals surface area contributed by atoms with Crippen molar-refractivity contribution in [3.63, 3.8) is 0 Å². The largest absolute Gasteiger partial charge is 0.309 e. The zero-order valence-corrected chi connectivity index (χ0v) is 8.43. The molecule has 3 heteroatoms. The van der Waals surface area contributed by atoms with Crippen molar-refractivity contribution in [2.24, 2.45) is 0 Å². The molecule has 0 unspecified atom stereocenters. The molecule has 0 radical (unpaired) electrons. The summed E-state index contributed by atoms with van der Waals surface area (Å²) in [6.45, 7) is 1.70. The molecule has 76 valence electrons. The lowest BCUT2D eigenvalue weighted by molar-refractivity contribution is 0.691. The van der Waals surface area contributed by atoms with Crippen molar-refractivity contribution in [1.29, 1.82) is 0 Å². The molecule has 1 N–H and O–H groups in total. The normalized spacial score (nSPS) is 10.1. The van der Waals surface area contributed by atoms with Crippen molar-refractivity contribution in [2.45, 2.75) is 13.1 Å². The quantitative estimate of drug-likeness (QED) is 0.815. The molecule has 0 aliphatic heterocycles. The average molecular weight is 199 g/mol. The second-order valence-electron chi connectivity index (χ2n) is 3.32. The minimum atomic E-state index is 0.843. The van der Waals surface area contributed by atoms with Gasteiger partial charge in [0.2, 0.25) is 0 Å². The van der Waals surface area contributed by atoms with E-state index in [2.05, 4.69) is 21.4 Å². The predicted octanol–water partition coefficient (Wildman–Crippen LogP) is 1.77. The molecule has 2 aromatic heterocycles. The molecule has 0 aliphatic rings. The number of nitrogens with one attached hydrogen (secondary N) is 1. The van der Waals surface area contributed by atoms with E-state index >= 15 is 0 Å². The number of rotatable bonds is 4. The minimum Gasteiger partial charge on any atom is -0.309 e. The van der Waals surface area contributed by atoms with Gasteiger partial charge in [-0.3, -0.25) is 9.97 Å². The molecular formula is C12H13N3. The van der Waals surface area contributed by atoms with Crippen LogP contribution in [0.15, 0.2) is 49.1 Å². The van der Waals surface area contributed by atoms with Gasteiger partial charge in [0, 0.05) is 37.9 Å². The lowest BCUT2D eigenvalue weighted by Gasteiger charge is -2.03. The third-order valence-electron chi connectivity index (χ3n) is 2.13. The van der Waals surface area contributed by atoms with Gasteiger partial charge in [0.1, 0.15) is 0 Å². The van der Waals surface area contributed by atoms with Crippen molar-refractivity contribution < 1.29 is 0 Å². The first-order valence-corrected chi connectivity index (χ1v) is 4.94. The van der Waals surface area contributed by atoms with E-state index in [0.717, 1.165) is 13.1 Å². The molecule has 15 heavy (non-hydrogen) atoms. The summed E-state index contributed by atoms with van der Waals surface area (Å²) in [6, 6.07) is 8.03. The first-order valence-electron chi connectivity index (χ1n) is 4.94. The maximum Gasteiger partial charge on any atom is 0.0312 e. The van der Waals surface area contributed by atoms with Crippen molar-refractivity contribution in [1.82, 2.24) is 15.3 Å². The monoisotopic (exact) mass is 199 g/mol. The molecule has 2 aromatic rings. The highest BCUT2D eigenvalue weighted by Gasteiger charge is 1.92. The highest BCUT2D eigenvalue weighted by atomic mass is 14.9. The van der Waals surface area contributed by atoms with Crippen molar-refractivity contribution >= 4 is 0 Å². The average Bonchev–Trinajstić information content (AvgIpc) is 2.32. The molecule has 2 rings (SSSR count). The van der Waals surface area contributed by atoms with Gasteiger partial charge in [0.25, 0.3) is 0 Å². The van der Waals surface area contributed by atoms with Crippen LogP contribution in [0.2, 0.25) is 0 Å². The van der Waals surface area contributed by atoms with Crippen molar-refractivity contribution in [2.75, 3.05) is 0 Å².